The van der Waals surface area contributed by atoms with Crippen LogP contribution in [-0.4, -0.2) is 15.9 Å². The van der Waals surface area contributed by atoms with Gasteiger partial charge in [-0.1, -0.05) is 93.6 Å². The molecule has 0 aliphatic heterocycles. The topological polar surface area (TPSA) is 29.3 Å². The normalized spacial score (nSPS) is 11.5. The molecule has 0 bridgehead atoms. The van der Waals surface area contributed by atoms with Gasteiger partial charge < -0.3 is 5.32 Å². The first-order valence-corrected chi connectivity index (χ1v) is 12.0. The van der Waals surface area contributed by atoms with Crippen LogP contribution in [0.4, 0.5) is 5.82 Å². The number of pyridine rings is 1. The molecule has 5 aromatic rings. The Kier molecular flexibility index (Phi) is 6.06. The molecule has 162 valence electrons. The van der Waals surface area contributed by atoms with Crippen LogP contribution in [-0.2, 0) is 0 Å². The van der Waals surface area contributed by atoms with Gasteiger partial charge in [0.1, 0.15) is 17.2 Å². The van der Waals surface area contributed by atoms with E-state index in [4.69, 9.17) is 4.98 Å². The first kappa shape index (κ1) is 20.6. The molecule has 32 heavy (non-hydrogen) atoms. The van der Waals surface area contributed by atoms with Gasteiger partial charge in [-0.05, 0) is 46.2 Å². The van der Waals surface area contributed by atoms with E-state index < -0.39 is 0 Å². The molecule has 5 rings (SSSR count). The standard InChI is InChI=1S/C29H31N3/c1-2-3-4-5-6-12-19-30-29-28(31-26-18-11-13-20-32(26)29)27-24-16-9-7-14-22(24)21-23-15-8-10-17-25(23)27/h7-11,13-18,20-21,30H,2-6,12,19H2,1H3. The molecule has 2 heterocycles. The summed E-state index contributed by atoms with van der Waals surface area (Å²) in [5, 5.41) is 8.75. The molecule has 0 saturated carbocycles. The zero-order valence-electron chi connectivity index (χ0n) is 18.8. The number of nitrogens with zero attached hydrogens (tertiary/aromatic N) is 2. The summed E-state index contributed by atoms with van der Waals surface area (Å²) in [4.78, 5) is 5.12. The summed E-state index contributed by atoms with van der Waals surface area (Å²) in [6, 6.07) is 25.8. The smallest absolute Gasteiger partial charge is 0.139 e. The molecule has 3 aromatic carbocycles. The van der Waals surface area contributed by atoms with Gasteiger partial charge in [0.05, 0.1) is 0 Å². The molecule has 0 spiro atoms. The summed E-state index contributed by atoms with van der Waals surface area (Å²) in [5.41, 5.74) is 3.23. The van der Waals surface area contributed by atoms with E-state index >= 15 is 0 Å². The van der Waals surface area contributed by atoms with Crippen LogP contribution in [0.15, 0.2) is 79.0 Å². The average molecular weight is 422 g/mol. The Hall–Kier alpha value is -3.33. The number of rotatable bonds is 9. The average Bonchev–Trinajstić information content (AvgIpc) is 3.20. The van der Waals surface area contributed by atoms with Crippen molar-refractivity contribution in [1.82, 2.24) is 9.38 Å². The molecular formula is C29H31N3. The fraction of sp³-hybridized carbons (Fsp3) is 0.276. The first-order valence-electron chi connectivity index (χ1n) is 12.0. The summed E-state index contributed by atoms with van der Waals surface area (Å²) in [5.74, 6) is 1.09. The fourth-order valence-corrected chi connectivity index (χ4v) is 4.72. The lowest BCUT2D eigenvalue weighted by Crippen LogP contribution is -2.05. The number of fused-ring (bicyclic) bond motifs is 3. The van der Waals surface area contributed by atoms with Gasteiger partial charge in [0.15, 0.2) is 0 Å². The Bertz CT molecular complexity index is 1290. The van der Waals surface area contributed by atoms with Crippen molar-refractivity contribution in [2.75, 3.05) is 11.9 Å². The van der Waals surface area contributed by atoms with E-state index in [0.717, 1.165) is 23.7 Å². The summed E-state index contributed by atoms with van der Waals surface area (Å²) in [6.45, 7) is 3.23. The van der Waals surface area contributed by atoms with Crippen LogP contribution in [0.25, 0.3) is 38.4 Å². The van der Waals surface area contributed by atoms with Crippen LogP contribution in [0.5, 0.6) is 0 Å². The number of hydrogen-bond acceptors (Lipinski definition) is 2. The molecule has 3 heteroatoms. The van der Waals surface area contributed by atoms with Crippen molar-refractivity contribution in [1.29, 1.82) is 0 Å². The Morgan fingerprint density at radius 1 is 0.750 bits per heavy atom. The lowest BCUT2D eigenvalue weighted by molar-refractivity contribution is 0.616. The number of unbranched alkanes of at least 4 members (excludes halogenated alkanes) is 5. The van der Waals surface area contributed by atoms with Gasteiger partial charge in [0, 0.05) is 18.3 Å². The fourth-order valence-electron chi connectivity index (χ4n) is 4.72. The van der Waals surface area contributed by atoms with E-state index in [1.807, 2.05) is 0 Å². The number of imidazole rings is 1. The van der Waals surface area contributed by atoms with Crippen LogP contribution in [0.1, 0.15) is 45.4 Å². The Balaban J connectivity index is 1.58. The third-order valence-electron chi connectivity index (χ3n) is 6.36. The van der Waals surface area contributed by atoms with Crippen molar-refractivity contribution in [3.8, 4) is 11.3 Å². The van der Waals surface area contributed by atoms with Crippen LogP contribution in [0, 0.1) is 0 Å². The van der Waals surface area contributed by atoms with Gasteiger partial charge in [-0.3, -0.25) is 4.40 Å². The highest BCUT2D eigenvalue weighted by Gasteiger charge is 2.18. The maximum atomic E-state index is 5.12. The lowest BCUT2D eigenvalue weighted by atomic mass is 9.95. The second kappa shape index (κ2) is 9.44. The van der Waals surface area contributed by atoms with Crippen LogP contribution in [0.3, 0.4) is 0 Å². The predicted octanol–water partition coefficient (Wildman–Crippen LogP) is 8.08. The molecule has 0 aliphatic carbocycles. The van der Waals surface area contributed by atoms with E-state index in [0.29, 0.717) is 0 Å². The molecule has 0 unspecified atom stereocenters. The van der Waals surface area contributed by atoms with Gasteiger partial charge in [-0.2, -0.15) is 0 Å². The number of hydrogen-bond donors (Lipinski definition) is 1. The minimum Gasteiger partial charge on any atom is -0.369 e. The van der Waals surface area contributed by atoms with Crippen LogP contribution >= 0.6 is 0 Å². The molecule has 1 N–H and O–H groups in total. The highest BCUT2D eigenvalue weighted by molar-refractivity contribution is 6.13. The number of benzene rings is 3. The minimum atomic E-state index is 0.963. The predicted molar refractivity (Wildman–Crippen MR) is 138 cm³/mol. The van der Waals surface area contributed by atoms with Gasteiger partial charge >= 0.3 is 0 Å². The molecule has 0 atom stereocenters. The monoisotopic (exact) mass is 421 g/mol. The van der Waals surface area contributed by atoms with Gasteiger partial charge in [0.2, 0.25) is 0 Å². The highest BCUT2D eigenvalue weighted by Crippen LogP contribution is 2.39. The second-order valence-corrected chi connectivity index (χ2v) is 8.63. The van der Waals surface area contributed by atoms with Crippen LogP contribution < -0.4 is 5.32 Å². The molecule has 3 nitrogen and oxygen atoms in total. The van der Waals surface area contributed by atoms with Gasteiger partial charge in [-0.25, -0.2) is 4.98 Å². The van der Waals surface area contributed by atoms with E-state index in [-0.39, 0.29) is 0 Å². The zero-order valence-corrected chi connectivity index (χ0v) is 18.8. The van der Waals surface area contributed by atoms with Crippen molar-refractivity contribution in [2.45, 2.75) is 45.4 Å². The van der Waals surface area contributed by atoms with Crippen molar-refractivity contribution >= 4 is 33.0 Å². The maximum absolute atomic E-state index is 5.12. The van der Waals surface area contributed by atoms with Crippen molar-refractivity contribution < 1.29 is 0 Å². The van der Waals surface area contributed by atoms with E-state index in [9.17, 15) is 0 Å². The van der Waals surface area contributed by atoms with Gasteiger partial charge in [-0.15, -0.1) is 0 Å². The Morgan fingerprint density at radius 2 is 1.41 bits per heavy atom. The van der Waals surface area contributed by atoms with Crippen molar-refractivity contribution in [3.05, 3.63) is 79.0 Å². The molecule has 0 fully saturated rings. The van der Waals surface area contributed by atoms with Gasteiger partial charge in [0.25, 0.3) is 0 Å². The molecular weight excluding hydrogens is 390 g/mol. The molecule has 0 saturated heterocycles. The Labute approximate surface area is 190 Å². The summed E-state index contributed by atoms with van der Waals surface area (Å²) >= 11 is 0. The summed E-state index contributed by atoms with van der Waals surface area (Å²) in [6.07, 6.45) is 9.88. The Morgan fingerprint density at radius 3 is 2.16 bits per heavy atom. The molecule has 2 aromatic heterocycles. The summed E-state index contributed by atoms with van der Waals surface area (Å²) in [7, 11) is 0. The third-order valence-corrected chi connectivity index (χ3v) is 6.36. The number of anilines is 1. The van der Waals surface area contributed by atoms with E-state index in [2.05, 4.69) is 95.6 Å². The van der Waals surface area contributed by atoms with Crippen molar-refractivity contribution in [3.63, 3.8) is 0 Å². The quantitative estimate of drug-likeness (QED) is 0.192. The second-order valence-electron chi connectivity index (χ2n) is 8.63. The molecule has 0 aliphatic rings. The van der Waals surface area contributed by atoms with Crippen LogP contribution in [0.2, 0.25) is 0 Å². The number of aromatic nitrogens is 2. The number of nitrogens with one attached hydrogen (secondary N) is 1. The first-order chi connectivity index (χ1) is 15.9. The summed E-state index contributed by atoms with van der Waals surface area (Å²) < 4.78 is 2.20. The molecule has 0 radical (unpaired) electrons. The van der Waals surface area contributed by atoms with Crippen molar-refractivity contribution in [2.24, 2.45) is 0 Å². The minimum absolute atomic E-state index is 0.963. The zero-order chi connectivity index (χ0) is 21.8. The molecule has 0 amide bonds. The van der Waals surface area contributed by atoms with E-state index in [1.54, 1.807) is 0 Å². The SMILES string of the molecule is CCCCCCCCNc1c(-c2c3ccccc3cc3ccccc23)nc2ccccn12. The maximum Gasteiger partial charge on any atom is 0.139 e. The van der Waals surface area contributed by atoms with E-state index in [1.165, 1.54) is 65.6 Å². The largest absolute Gasteiger partial charge is 0.369 e. The lowest BCUT2D eigenvalue weighted by Gasteiger charge is -2.13. The third kappa shape index (κ3) is 3.95. The highest BCUT2D eigenvalue weighted by atomic mass is 15.1.